The van der Waals surface area contributed by atoms with E-state index in [2.05, 4.69) is 26.8 Å². The standard InChI is InChI=1S/C20H23N5O/c1-25-19(15-11-7-13-26-15)24-17-18(21)22-16(23-20(17)25)12-6-5-10-14-8-3-2-4-9-14/h7,11,13-14H,2-5,8-10H2,1H3,(H2,21,22,23). The molecule has 1 fully saturated rings. The van der Waals surface area contributed by atoms with Gasteiger partial charge in [-0.1, -0.05) is 38.0 Å². The third-order valence-corrected chi connectivity index (χ3v) is 5.09. The fourth-order valence-corrected chi connectivity index (χ4v) is 3.66. The lowest BCUT2D eigenvalue weighted by atomic mass is 9.86. The Morgan fingerprint density at radius 2 is 2.08 bits per heavy atom. The molecule has 6 heteroatoms. The average Bonchev–Trinajstić information content (AvgIpc) is 3.29. The lowest BCUT2D eigenvalue weighted by Gasteiger charge is -2.20. The molecule has 134 valence electrons. The number of anilines is 1. The summed E-state index contributed by atoms with van der Waals surface area (Å²) in [5.74, 6) is 9.26. The fraction of sp³-hybridized carbons (Fsp3) is 0.450. The van der Waals surface area contributed by atoms with Gasteiger partial charge in [-0.2, -0.15) is 0 Å². The van der Waals surface area contributed by atoms with Crippen molar-refractivity contribution in [3.63, 3.8) is 0 Å². The number of furan rings is 1. The van der Waals surface area contributed by atoms with Gasteiger partial charge in [-0.25, -0.2) is 15.0 Å². The fourth-order valence-electron chi connectivity index (χ4n) is 3.66. The second kappa shape index (κ2) is 7.20. The maximum absolute atomic E-state index is 6.09. The highest BCUT2D eigenvalue weighted by molar-refractivity contribution is 5.85. The zero-order valence-corrected chi connectivity index (χ0v) is 15.0. The van der Waals surface area contributed by atoms with E-state index in [1.54, 1.807) is 6.26 Å². The number of aromatic nitrogens is 4. The minimum Gasteiger partial charge on any atom is -0.461 e. The third-order valence-electron chi connectivity index (χ3n) is 5.09. The van der Waals surface area contributed by atoms with Crippen LogP contribution in [0.25, 0.3) is 22.7 Å². The van der Waals surface area contributed by atoms with Crippen molar-refractivity contribution in [2.24, 2.45) is 13.0 Å². The summed E-state index contributed by atoms with van der Waals surface area (Å²) in [6.45, 7) is 0. The molecule has 0 radical (unpaired) electrons. The summed E-state index contributed by atoms with van der Waals surface area (Å²) in [5, 5.41) is 0. The molecule has 0 aromatic carbocycles. The SMILES string of the molecule is Cn1c(-c2ccco2)nc2c(N)nc(C#CCCC3CCCCC3)nc21. The topological polar surface area (TPSA) is 82.8 Å². The predicted octanol–water partition coefficient (Wildman–Crippen LogP) is 3.92. The van der Waals surface area contributed by atoms with Crippen LogP contribution < -0.4 is 5.73 Å². The minimum atomic E-state index is 0.347. The van der Waals surface area contributed by atoms with Gasteiger partial charge in [0.2, 0.25) is 5.82 Å². The summed E-state index contributed by atoms with van der Waals surface area (Å²) >= 11 is 0. The van der Waals surface area contributed by atoms with E-state index in [-0.39, 0.29) is 0 Å². The smallest absolute Gasteiger partial charge is 0.208 e. The molecule has 1 aliphatic rings. The van der Waals surface area contributed by atoms with Crippen LogP contribution in [0.3, 0.4) is 0 Å². The number of rotatable bonds is 3. The molecule has 0 spiro atoms. The van der Waals surface area contributed by atoms with E-state index in [4.69, 9.17) is 10.2 Å². The molecule has 4 rings (SSSR count). The largest absolute Gasteiger partial charge is 0.461 e. The van der Waals surface area contributed by atoms with Crippen LogP contribution in [0, 0.1) is 17.8 Å². The van der Waals surface area contributed by atoms with E-state index >= 15 is 0 Å². The molecule has 3 aromatic heterocycles. The maximum Gasteiger partial charge on any atom is 0.208 e. The second-order valence-electron chi connectivity index (χ2n) is 6.92. The highest BCUT2D eigenvalue weighted by Crippen LogP contribution is 2.27. The Hall–Kier alpha value is -2.81. The normalized spacial score (nSPS) is 15.1. The van der Waals surface area contributed by atoms with Gasteiger partial charge in [-0.05, 0) is 30.4 Å². The van der Waals surface area contributed by atoms with Crippen LogP contribution in [0.1, 0.15) is 50.8 Å². The van der Waals surface area contributed by atoms with Gasteiger partial charge in [0.05, 0.1) is 6.26 Å². The Kier molecular flexibility index (Phi) is 4.61. The molecule has 2 N–H and O–H groups in total. The van der Waals surface area contributed by atoms with E-state index in [9.17, 15) is 0 Å². The van der Waals surface area contributed by atoms with Gasteiger partial charge in [0.25, 0.3) is 0 Å². The quantitative estimate of drug-likeness (QED) is 0.725. The number of nitrogen functional groups attached to an aromatic ring is 1. The van der Waals surface area contributed by atoms with Crippen LogP contribution >= 0.6 is 0 Å². The van der Waals surface area contributed by atoms with Gasteiger partial charge >= 0.3 is 0 Å². The number of fused-ring (bicyclic) bond motifs is 1. The average molecular weight is 349 g/mol. The van der Waals surface area contributed by atoms with Gasteiger partial charge in [-0.15, -0.1) is 0 Å². The number of hydrogen-bond donors (Lipinski definition) is 1. The van der Waals surface area contributed by atoms with Crippen LogP contribution in [-0.2, 0) is 7.05 Å². The van der Waals surface area contributed by atoms with Gasteiger partial charge in [0.1, 0.15) is 0 Å². The van der Waals surface area contributed by atoms with Gasteiger partial charge in [-0.3, -0.25) is 0 Å². The van der Waals surface area contributed by atoms with Crippen LogP contribution in [0.4, 0.5) is 5.82 Å². The lowest BCUT2D eigenvalue weighted by Crippen LogP contribution is -2.05. The van der Waals surface area contributed by atoms with Crippen molar-refractivity contribution in [2.75, 3.05) is 5.73 Å². The number of imidazole rings is 1. The Morgan fingerprint density at radius 1 is 1.23 bits per heavy atom. The first-order valence-corrected chi connectivity index (χ1v) is 9.25. The third kappa shape index (κ3) is 3.30. The molecule has 0 amide bonds. The summed E-state index contributed by atoms with van der Waals surface area (Å²) < 4.78 is 7.30. The number of nitrogens with zero attached hydrogens (tertiary/aromatic N) is 4. The van der Waals surface area contributed by atoms with E-state index < -0.39 is 0 Å². The highest BCUT2D eigenvalue weighted by atomic mass is 16.3. The summed E-state index contributed by atoms with van der Waals surface area (Å²) in [6.07, 6.45) is 10.5. The summed E-state index contributed by atoms with van der Waals surface area (Å²) in [7, 11) is 1.89. The predicted molar refractivity (Wildman–Crippen MR) is 101 cm³/mol. The molecule has 0 unspecified atom stereocenters. The number of aryl methyl sites for hydroxylation is 1. The van der Waals surface area contributed by atoms with E-state index in [1.807, 2.05) is 23.7 Å². The van der Waals surface area contributed by atoms with Crippen molar-refractivity contribution in [1.29, 1.82) is 0 Å². The van der Waals surface area contributed by atoms with Gasteiger partial charge in [0, 0.05) is 13.5 Å². The second-order valence-corrected chi connectivity index (χ2v) is 6.92. The van der Waals surface area contributed by atoms with Crippen molar-refractivity contribution < 1.29 is 4.42 Å². The zero-order chi connectivity index (χ0) is 17.9. The summed E-state index contributed by atoms with van der Waals surface area (Å²) in [6, 6.07) is 3.68. The van der Waals surface area contributed by atoms with E-state index in [1.165, 1.54) is 38.5 Å². The van der Waals surface area contributed by atoms with Crippen LogP contribution in [-0.4, -0.2) is 19.5 Å². The van der Waals surface area contributed by atoms with Gasteiger partial charge < -0.3 is 14.7 Å². The maximum atomic E-state index is 6.09. The molecule has 0 atom stereocenters. The first-order valence-electron chi connectivity index (χ1n) is 9.25. The highest BCUT2D eigenvalue weighted by Gasteiger charge is 2.16. The molecule has 26 heavy (non-hydrogen) atoms. The first-order chi connectivity index (χ1) is 12.7. The molecule has 0 saturated heterocycles. The molecule has 0 bridgehead atoms. The molecule has 6 nitrogen and oxygen atoms in total. The Labute approximate surface area is 152 Å². The van der Waals surface area contributed by atoms with Crippen molar-refractivity contribution in [3.05, 3.63) is 24.2 Å². The van der Waals surface area contributed by atoms with Crippen LogP contribution in [0.15, 0.2) is 22.8 Å². The Bertz CT molecular complexity index is 956. The molecule has 3 aromatic rings. The number of nitrogens with two attached hydrogens (primary N) is 1. The first kappa shape index (κ1) is 16.6. The van der Waals surface area contributed by atoms with Crippen molar-refractivity contribution >= 4 is 17.0 Å². The van der Waals surface area contributed by atoms with Crippen molar-refractivity contribution in [1.82, 2.24) is 19.5 Å². The van der Waals surface area contributed by atoms with Crippen LogP contribution in [0.2, 0.25) is 0 Å². The molecule has 1 aliphatic carbocycles. The molecule has 1 saturated carbocycles. The number of hydrogen-bond acceptors (Lipinski definition) is 5. The Balaban J connectivity index is 1.55. The summed E-state index contributed by atoms with van der Waals surface area (Å²) in [5.41, 5.74) is 7.33. The zero-order valence-electron chi connectivity index (χ0n) is 15.0. The lowest BCUT2D eigenvalue weighted by molar-refractivity contribution is 0.342. The van der Waals surface area contributed by atoms with Crippen molar-refractivity contribution in [3.8, 4) is 23.4 Å². The molecule has 3 heterocycles. The van der Waals surface area contributed by atoms with Crippen molar-refractivity contribution in [2.45, 2.75) is 44.9 Å². The Morgan fingerprint density at radius 3 is 2.85 bits per heavy atom. The van der Waals surface area contributed by atoms with E-state index in [0.29, 0.717) is 34.4 Å². The van der Waals surface area contributed by atoms with E-state index in [0.717, 1.165) is 12.3 Å². The monoisotopic (exact) mass is 349 g/mol. The van der Waals surface area contributed by atoms with Crippen LogP contribution in [0.5, 0.6) is 0 Å². The molecule has 0 aliphatic heterocycles. The summed E-state index contributed by atoms with van der Waals surface area (Å²) in [4.78, 5) is 13.4. The molecular formula is C20H23N5O. The van der Waals surface area contributed by atoms with Gasteiger partial charge in [0.15, 0.2) is 28.6 Å². The minimum absolute atomic E-state index is 0.347. The molecular weight excluding hydrogens is 326 g/mol.